The van der Waals surface area contributed by atoms with E-state index >= 15 is 0 Å². The second-order valence-electron chi connectivity index (χ2n) is 5.69. The van der Waals surface area contributed by atoms with E-state index in [0.29, 0.717) is 0 Å². The zero-order valence-corrected chi connectivity index (χ0v) is 14.8. The van der Waals surface area contributed by atoms with E-state index < -0.39 is 65.2 Å². The normalized spacial score (nSPS) is 16.1. The number of hydrogen-bond acceptors (Lipinski definition) is 0. The Labute approximate surface area is 158 Å². The molecule has 0 heterocycles. The number of hydrogen-bond donors (Lipinski definition) is 0. The van der Waals surface area contributed by atoms with Crippen LogP contribution in [0.4, 0.5) is 70.2 Å². The van der Waals surface area contributed by atoms with Crippen molar-refractivity contribution in [2.75, 3.05) is 0 Å². The van der Waals surface area contributed by atoms with Crippen molar-refractivity contribution in [2.45, 2.75) is 59.2 Å². The molecule has 0 atom stereocenters. The SMILES string of the molecule is FC(F)(I)CC(CC(F)(C(F)(F)F)C(F)(F)F)CC(F)(C(F)(F)F)C(F)(F)F. The van der Waals surface area contributed by atoms with Crippen LogP contribution >= 0.6 is 22.6 Å². The molecule has 28 heavy (non-hydrogen) atoms. The molecule has 0 spiro atoms. The van der Waals surface area contributed by atoms with Gasteiger partial charge in [0.1, 0.15) is 0 Å². The van der Waals surface area contributed by atoms with Gasteiger partial charge in [0.25, 0.3) is 15.3 Å². The quantitative estimate of drug-likeness (QED) is 0.177. The third-order valence-electron chi connectivity index (χ3n) is 3.46. The van der Waals surface area contributed by atoms with Crippen LogP contribution in [0.1, 0.15) is 19.3 Å². The van der Waals surface area contributed by atoms with E-state index in [1.54, 1.807) is 0 Å². The maximum absolute atomic E-state index is 13.6. The Kier molecular flexibility index (Phi) is 7.59. The van der Waals surface area contributed by atoms with E-state index in [2.05, 4.69) is 0 Å². The zero-order chi connectivity index (χ0) is 23.2. The minimum absolute atomic E-state index is 0.0247. The fourth-order valence-electron chi connectivity index (χ4n) is 2.12. The highest BCUT2D eigenvalue weighted by atomic mass is 127. The lowest BCUT2D eigenvalue weighted by atomic mass is 9.81. The van der Waals surface area contributed by atoms with Gasteiger partial charge in [-0.25, -0.2) is 8.78 Å². The molecule has 0 aliphatic rings. The molecule has 0 aromatic heterocycles. The Morgan fingerprint density at radius 2 is 0.643 bits per heavy atom. The van der Waals surface area contributed by atoms with Gasteiger partial charge in [-0.05, 0) is 28.5 Å². The Morgan fingerprint density at radius 1 is 0.429 bits per heavy atom. The topological polar surface area (TPSA) is 0 Å². The van der Waals surface area contributed by atoms with Crippen LogP contribution in [0.5, 0.6) is 0 Å². The van der Waals surface area contributed by atoms with Gasteiger partial charge in [-0.1, -0.05) is 0 Å². The van der Waals surface area contributed by atoms with Crippen LogP contribution < -0.4 is 0 Å². The largest absolute Gasteiger partial charge is 0.431 e. The van der Waals surface area contributed by atoms with Gasteiger partial charge in [0, 0.05) is 19.3 Å². The third kappa shape index (κ3) is 6.06. The molecule has 0 fully saturated rings. The summed E-state index contributed by atoms with van der Waals surface area (Å²) in [5.41, 5.74) is -12.9. The van der Waals surface area contributed by atoms with Crippen LogP contribution in [-0.4, -0.2) is 40.0 Å². The van der Waals surface area contributed by atoms with E-state index in [9.17, 15) is 70.2 Å². The van der Waals surface area contributed by atoms with Gasteiger partial charge in [0.15, 0.2) is 0 Å². The molecule has 0 amide bonds. The first-order valence-electron chi connectivity index (χ1n) is 6.50. The molecule has 0 saturated carbocycles. The van der Waals surface area contributed by atoms with Crippen LogP contribution in [-0.2, 0) is 0 Å². The zero-order valence-electron chi connectivity index (χ0n) is 12.6. The molecule has 17 heteroatoms. The lowest BCUT2D eigenvalue weighted by molar-refractivity contribution is -0.357. The van der Waals surface area contributed by atoms with Gasteiger partial charge in [-0.15, -0.1) is 0 Å². The maximum Gasteiger partial charge on any atom is 0.431 e. The standard InChI is InChI=1S/C11H7F16I/c12-5(8(16,17)18,9(19,20)21)1-4(3-7(14,15)28)2-6(13,10(22,23)24)11(25,26)27/h4H,1-3H2. The summed E-state index contributed by atoms with van der Waals surface area (Å²) in [6, 6.07) is 0. The fraction of sp³-hybridized carbons (Fsp3) is 1.00. The van der Waals surface area contributed by atoms with Crippen molar-refractivity contribution in [1.29, 1.82) is 0 Å². The summed E-state index contributed by atoms with van der Waals surface area (Å²) in [6.07, 6.45) is -37.0. The first-order valence-corrected chi connectivity index (χ1v) is 7.58. The number of rotatable bonds is 6. The summed E-state index contributed by atoms with van der Waals surface area (Å²) in [5.74, 6) is -3.66. The fourth-order valence-corrected chi connectivity index (χ4v) is 2.75. The van der Waals surface area contributed by atoms with Crippen LogP contribution in [0.3, 0.4) is 0 Å². The maximum atomic E-state index is 13.6. The first-order chi connectivity index (χ1) is 11.8. The molecule has 0 bridgehead atoms. The van der Waals surface area contributed by atoms with Crippen LogP contribution in [0.25, 0.3) is 0 Å². The molecule has 0 aromatic rings. The average molecular weight is 570 g/mol. The molecular formula is C11H7F16I. The summed E-state index contributed by atoms with van der Waals surface area (Å²) in [7, 11) is 0. The Bertz CT molecular complexity index is 449. The molecule has 0 N–H and O–H groups in total. The van der Waals surface area contributed by atoms with E-state index in [1.807, 2.05) is 0 Å². The molecule has 0 aliphatic heterocycles. The molecule has 0 aliphatic carbocycles. The Morgan fingerprint density at radius 3 is 0.786 bits per heavy atom. The van der Waals surface area contributed by atoms with Gasteiger partial charge in [0.05, 0.1) is 0 Å². The summed E-state index contributed by atoms with van der Waals surface area (Å²) < 4.78 is 198. The molecule has 0 rings (SSSR count). The lowest BCUT2D eigenvalue weighted by Crippen LogP contribution is -2.57. The average Bonchev–Trinajstić information content (AvgIpc) is 2.30. The predicted molar refractivity (Wildman–Crippen MR) is 68.2 cm³/mol. The highest BCUT2D eigenvalue weighted by Gasteiger charge is 2.76. The van der Waals surface area contributed by atoms with Crippen LogP contribution in [0, 0.1) is 5.92 Å². The molecule has 170 valence electrons. The third-order valence-corrected chi connectivity index (χ3v) is 3.90. The van der Waals surface area contributed by atoms with Crippen molar-refractivity contribution < 1.29 is 70.2 Å². The molecule has 0 saturated heterocycles. The predicted octanol–water partition coefficient (Wildman–Crippen LogP) is 7.47. The van der Waals surface area contributed by atoms with Gasteiger partial charge < -0.3 is 0 Å². The summed E-state index contributed by atoms with van der Waals surface area (Å²) >= 11 is -0.0247. The monoisotopic (exact) mass is 570 g/mol. The first kappa shape index (κ1) is 27.6. The van der Waals surface area contributed by atoms with Gasteiger partial charge >= 0.3 is 24.7 Å². The van der Waals surface area contributed by atoms with Crippen molar-refractivity contribution in [2.24, 2.45) is 5.92 Å². The van der Waals surface area contributed by atoms with Crippen molar-refractivity contribution in [3.63, 3.8) is 0 Å². The highest BCUT2D eigenvalue weighted by Crippen LogP contribution is 2.55. The van der Waals surface area contributed by atoms with Crippen LogP contribution in [0.15, 0.2) is 0 Å². The Balaban J connectivity index is 6.31. The molecule has 0 nitrogen and oxygen atoms in total. The summed E-state index contributed by atoms with van der Waals surface area (Å²) in [6.45, 7) is 0. The summed E-state index contributed by atoms with van der Waals surface area (Å²) in [5, 5.41) is 0. The second kappa shape index (κ2) is 7.70. The van der Waals surface area contributed by atoms with E-state index in [0.717, 1.165) is 0 Å². The minimum Gasteiger partial charge on any atom is -0.224 e. The van der Waals surface area contributed by atoms with Gasteiger partial charge in [-0.2, -0.15) is 61.5 Å². The molecule has 0 unspecified atom stereocenters. The van der Waals surface area contributed by atoms with Crippen molar-refractivity contribution >= 4 is 22.6 Å². The van der Waals surface area contributed by atoms with Crippen molar-refractivity contribution in [3.8, 4) is 0 Å². The summed E-state index contributed by atoms with van der Waals surface area (Å²) in [4.78, 5) is 0. The van der Waals surface area contributed by atoms with E-state index in [-0.39, 0.29) is 22.6 Å². The molecule has 0 radical (unpaired) electrons. The minimum atomic E-state index is -6.94. The van der Waals surface area contributed by atoms with E-state index in [1.165, 1.54) is 0 Å². The second-order valence-corrected chi connectivity index (χ2v) is 7.27. The number of alkyl halides is 17. The number of halogens is 17. The van der Waals surface area contributed by atoms with Gasteiger partial charge in [-0.3, -0.25) is 0 Å². The molecular weight excluding hydrogens is 563 g/mol. The van der Waals surface area contributed by atoms with Crippen molar-refractivity contribution in [1.82, 2.24) is 0 Å². The lowest BCUT2D eigenvalue weighted by Gasteiger charge is -2.37. The van der Waals surface area contributed by atoms with Crippen molar-refractivity contribution in [3.05, 3.63) is 0 Å². The van der Waals surface area contributed by atoms with Gasteiger partial charge in [0.2, 0.25) is 0 Å². The molecule has 0 aromatic carbocycles. The van der Waals surface area contributed by atoms with Crippen LogP contribution in [0.2, 0.25) is 0 Å². The van der Waals surface area contributed by atoms with E-state index in [4.69, 9.17) is 0 Å². The Hall–Kier alpha value is -0.390. The smallest absolute Gasteiger partial charge is 0.224 e. The highest BCUT2D eigenvalue weighted by molar-refractivity contribution is 14.1.